The molecule has 1 aromatic heterocycles. The van der Waals surface area contributed by atoms with Crippen molar-refractivity contribution in [1.82, 2.24) is 9.88 Å². The van der Waals surface area contributed by atoms with Gasteiger partial charge in [0.25, 0.3) is 0 Å². The van der Waals surface area contributed by atoms with Crippen LogP contribution in [0.2, 0.25) is 0 Å². The number of nitrogens with zero attached hydrogens (tertiary/aromatic N) is 2. The van der Waals surface area contributed by atoms with Gasteiger partial charge in [0.2, 0.25) is 5.91 Å². The molecule has 0 unspecified atom stereocenters. The minimum absolute atomic E-state index is 0.0614. The van der Waals surface area contributed by atoms with E-state index in [0.29, 0.717) is 31.3 Å². The molecule has 1 amide bonds. The molecular formula is C15H20N4OS. The molecule has 2 rings (SSSR count). The van der Waals surface area contributed by atoms with E-state index in [0.717, 1.165) is 5.69 Å². The molecule has 0 atom stereocenters. The number of carbonyl (C=O) groups excluding carboxylic acids is 1. The molecule has 1 heterocycles. The minimum atomic E-state index is -0.0614. The van der Waals surface area contributed by atoms with Crippen LogP contribution in [0, 0.1) is 6.92 Å². The van der Waals surface area contributed by atoms with Crippen LogP contribution in [-0.2, 0) is 11.3 Å². The summed E-state index contributed by atoms with van der Waals surface area (Å²) < 4.78 is 0. The van der Waals surface area contributed by atoms with Crippen molar-refractivity contribution >= 4 is 22.4 Å². The maximum absolute atomic E-state index is 12.1. The number of aryl methyl sites for hydroxylation is 1. The van der Waals surface area contributed by atoms with Crippen LogP contribution in [0.25, 0.3) is 0 Å². The second kappa shape index (κ2) is 7.87. The molecule has 0 radical (unpaired) electrons. The lowest BCUT2D eigenvalue weighted by Gasteiger charge is -2.20. The molecule has 0 aliphatic carbocycles. The average molecular weight is 304 g/mol. The number of benzene rings is 1. The highest BCUT2D eigenvalue weighted by atomic mass is 32.1. The van der Waals surface area contributed by atoms with E-state index in [1.54, 1.807) is 0 Å². The quantitative estimate of drug-likeness (QED) is 0.819. The fourth-order valence-corrected chi connectivity index (χ4v) is 2.72. The topological polar surface area (TPSA) is 71.2 Å². The van der Waals surface area contributed by atoms with E-state index in [4.69, 9.17) is 5.73 Å². The summed E-state index contributed by atoms with van der Waals surface area (Å²) in [6.07, 6.45) is 0. The molecule has 5 nitrogen and oxygen atoms in total. The Balaban J connectivity index is 1.91. The van der Waals surface area contributed by atoms with E-state index in [-0.39, 0.29) is 5.91 Å². The Morgan fingerprint density at radius 3 is 2.76 bits per heavy atom. The number of amides is 1. The number of nitrogens with two attached hydrogens (primary N) is 1. The van der Waals surface area contributed by atoms with Gasteiger partial charge in [0.15, 0.2) is 5.13 Å². The van der Waals surface area contributed by atoms with Gasteiger partial charge in [0.05, 0.1) is 12.2 Å². The van der Waals surface area contributed by atoms with Gasteiger partial charge in [-0.1, -0.05) is 30.3 Å². The number of hydrogen-bond donors (Lipinski definition) is 2. The zero-order valence-corrected chi connectivity index (χ0v) is 12.9. The lowest BCUT2D eigenvalue weighted by atomic mass is 10.2. The zero-order chi connectivity index (χ0) is 15.1. The first-order chi connectivity index (χ1) is 10.2. The molecular weight excluding hydrogens is 284 g/mol. The molecule has 0 saturated heterocycles. The summed E-state index contributed by atoms with van der Waals surface area (Å²) in [5.41, 5.74) is 7.72. The van der Waals surface area contributed by atoms with E-state index in [1.807, 2.05) is 47.5 Å². The first-order valence-corrected chi connectivity index (χ1v) is 7.73. The highest BCUT2D eigenvalue weighted by molar-refractivity contribution is 7.13. The van der Waals surface area contributed by atoms with Gasteiger partial charge in [-0.15, -0.1) is 11.3 Å². The molecule has 0 saturated carbocycles. The molecule has 21 heavy (non-hydrogen) atoms. The standard InChI is InChI=1S/C15H20N4OS/c1-12-11-21-15(17-12)18-14(20)10-19(8-7-16)9-13-5-3-2-4-6-13/h2-6,11H,7-10,16H2,1H3,(H,17,18,20). The fourth-order valence-electron chi connectivity index (χ4n) is 2.01. The Morgan fingerprint density at radius 1 is 1.38 bits per heavy atom. The Morgan fingerprint density at radius 2 is 2.14 bits per heavy atom. The predicted octanol–water partition coefficient (Wildman–Crippen LogP) is 1.85. The molecule has 3 N–H and O–H groups in total. The van der Waals surface area contributed by atoms with Crippen molar-refractivity contribution in [2.24, 2.45) is 5.73 Å². The van der Waals surface area contributed by atoms with E-state index in [2.05, 4.69) is 10.3 Å². The van der Waals surface area contributed by atoms with Gasteiger partial charge in [-0.25, -0.2) is 4.98 Å². The van der Waals surface area contributed by atoms with E-state index in [1.165, 1.54) is 16.9 Å². The molecule has 1 aromatic carbocycles. The fraction of sp³-hybridized carbons (Fsp3) is 0.333. The lowest BCUT2D eigenvalue weighted by Crippen LogP contribution is -2.36. The molecule has 0 bridgehead atoms. The SMILES string of the molecule is Cc1csc(NC(=O)CN(CCN)Cc2ccccc2)n1. The van der Waals surface area contributed by atoms with E-state index >= 15 is 0 Å². The monoisotopic (exact) mass is 304 g/mol. The smallest absolute Gasteiger partial charge is 0.240 e. The molecule has 0 aliphatic heterocycles. The van der Waals surface area contributed by atoms with Crippen LogP contribution < -0.4 is 11.1 Å². The van der Waals surface area contributed by atoms with Crippen molar-refractivity contribution in [2.45, 2.75) is 13.5 Å². The highest BCUT2D eigenvalue weighted by Gasteiger charge is 2.12. The number of rotatable bonds is 7. The number of nitrogens with one attached hydrogen (secondary N) is 1. The summed E-state index contributed by atoms with van der Waals surface area (Å²) in [6.45, 7) is 4.13. The van der Waals surface area contributed by atoms with E-state index in [9.17, 15) is 4.79 Å². The number of hydrogen-bond acceptors (Lipinski definition) is 5. The van der Waals surface area contributed by atoms with Gasteiger partial charge in [-0.05, 0) is 12.5 Å². The van der Waals surface area contributed by atoms with Crippen LogP contribution >= 0.6 is 11.3 Å². The normalized spacial score (nSPS) is 10.8. The molecule has 0 spiro atoms. The number of anilines is 1. The first-order valence-electron chi connectivity index (χ1n) is 6.85. The van der Waals surface area contributed by atoms with Gasteiger partial charge < -0.3 is 11.1 Å². The van der Waals surface area contributed by atoms with Crippen LogP contribution in [0.15, 0.2) is 35.7 Å². The van der Waals surface area contributed by atoms with Gasteiger partial charge in [0.1, 0.15) is 0 Å². The molecule has 0 fully saturated rings. The summed E-state index contributed by atoms with van der Waals surface area (Å²) >= 11 is 1.44. The Hall–Kier alpha value is -1.76. The Labute approximate surface area is 128 Å². The van der Waals surface area contributed by atoms with Crippen LogP contribution in [0.1, 0.15) is 11.3 Å². The first kappa shape index (κ1) is 15.6. The maximum atomic E-state index is 12.1. The highest BCUT2D eigenvalue weighted by Crippen LogP contribution is 2.14. The summed E-state index contributed by atoms with van der Waals surface area (Å²) in [5, 5.41) is 5.38. The molecule has 0 aliphatic rings. The predicted molar refractivity (Wildman–Crippen MR) is 86.3 cm³/mol. The number of aromatic nitrogens is 1. The third-order valence-corrected chi connectivity index (χ3v) is 3.80. The summed E-state index contributed by atoms with van der Waals surface area (Å²) in [7, 11) is 0. The second-order valence-electron chi connectivity index (χ2n) is 4.83. The average Bonchev–Trinajstić information content (AvgIpc) is 2.85. The van der Waals surface area contributed by atoms with Crippen molar-refractivity contribution in [3.63, 3.8) is 0 Å². The van der Waals surface area contributed by atoms with Crippen LogP contribution in [0.3, 0.4) is 0 Å². The molecule has 2 aromatic rings. The lowest BCUT2D eigenvalue weighted by molar-refractivity contribution is -0.117. The van der Waals surface area contributed by atoms with Gasteiger partial charge in [0, 0.05) is 25.0 Å². The molecule has 112 valence electrons. The van der Waals surface area contributed by atoms with Crippen LogP contribution in [-0.4, -0.2) is 35.4 Å². The Bertz CT molecular complexity index is 570. The summed E-state index contributed by atoms with van der Waals surface area (Å²) in [6, 6.07) is 10.1. The maximum Gasteiger partial charge on any atom is 0.240 e. The third kappa shape index (κ3) is 5.26. The van der Waals surface area contributed by atoms with Crippen LogP contribution in [0.4, 0.5) is 5.13 Å². The van der Waals surface area contributed by atoms with Crippen molar-refractivity contribution in [3.05, 3.63) is 47.0 Å². The summed E-state index contributed by atoms with van der Waals surface area (Å²) in [4.78, 5) is 18.3. The Kier molecular flexibility index (Phi) is 5.86. The largest absolute Gasteiger partial charge is 0.329 e. The second-order valence-corrected chi connectivity index (χ2v) is 5.69. The van der Waals surface area contributed by atoms with Gasteiger partial charge in [-0.2, -0.15) is 0 Å². The number of carbonyl (C=O) groups is 1. The van der Waals surface area contributed by atoms with Gasteiger partial charge >= 0.3 is 0 Å². The van der Waals surface area contributed by atoms with Crippen molar-refractivity contribution in [1.29, 1.82) is 0 Å². The van der Waals surface area contributed by atoms with Crippen molar-refractivity contribution in [2.75, 3.05) is 25.0 Å². The third-order valence-electron chi connectivity index (χ3n) is 2.93. The summed E-state index contributed by atoms with van der Waals surface area (Å²) in [5.74, 6) is -0.0614. The minimum Gasteiger partial charge on any atom is -0.329 e. The van der Waals surface area contributed by atoms with Crippen molar-refractivity contribution < 1.29 is 4.79 Å². The van der Waals surface area contributed by atoms with Gasteiger partial charge in [-0.3, -0.25) is 9.69 Å². The zero-order valence-electron chi connectivity index (χ0n) is 12.1. The number of thiazole rings is 1. The van der Waals surface area contributed by atoms with E-state index < -0.39 is 0 Å². The molecule has 6 heteroatoms. The van der Waals surface area contributed by atoms with Crippen LogP contribution in [0.5, 0.6) is 0 Å². The van der Waals surface area contributed by atoms with Crippen molar-refractivity contribution in [3.8, 4) is 0 Å².